The summed E-state index contributed by atoms with van der Waals surface area (Å²) in [4.78, 5) is 33.4. The van der Waals surface area contributed by atoms with Crippen LogP contribution in [0, 0.1) is 5.92 Å². The van der Waals surface area contributed by atoms with Crippen LogP contribution in [0.2, 0.25) is 0 Å². The molecule has 4 heterocycles. The summed E-state index contributed by atoms with van der Waals surface area (Å²) < 4.78 is 6.21. The average molecular weight is 384 g/mol. The molecular weight excluding hydrogens is 360 g/mol. The van der Waals surface area contributed by atoms with E-state index < -0.39 is 17.1 Å². The van der Waals surface area contributed by atoms with E-state index in [4.69, 9.17) is 9.57 Å². The molecule has 1 N–H and O–H groups in total. The SMILES string of the molecule is CON1C(=O)[C@@]2(CC3C4CO[C@@H]2C[C@@]4(O)C(C(C)=O)=CN3C)c2ccccc21. The molecule has 7 nitrogen and oxygen atoms in total. The largest absolute Gasteiger partial charge is 0.384 e. The van der Waals surface area contributed by atoms with E-state index in [1.807, 2.05) is 36.2 Å². The van der Waals surface area contributed by atoms with E-state index in [1.165, 1.54) is 19.1 Å². The Bertz CT molecular complexity index is 914. The fourth-order valence-corrected chi connectivity index (χ4v) is 5.87. The van der Waals surface area contributed by atoms with Crippen molar-refractivity contribution in [3.8, 4) is 0 Å². The Morgan fingerprint density at radius 1 is 1.32 bits per heavy atom. The average Bonchev–Trinajstić information content (AvgIpc) is 2.77. The number of hydrogen-bond donors (Lipinski definition) is 1. The molecule has 2 saturated heterocycles. The number of carbonyl (C=O) groups is 2. The molecular formula is C21H24N2O5. The van der Waals surface area contributed by atoms with Gasteiger partial charge in [0.2, 0.25) is 0 Å². The number of Topliss-reactive ketones (excluding diaryl/α,β-unsaturated/α-hetero) is 1. The van der Waals surface area contributed by atoms with Crippen LogP contribution in [0.4, 0.5) is 5.69 Å². The lowest BCUT2D eigenvalue weighted by atomic mass is 9.70. The zero-order chi connectivity index (χ0) is 19.8. The Balaban J connectivity index is 1.72. The molecule has 6 rings (SSSR count). The molecule has 28 heavy (non-hydrogen) atoms. The van der Waals surface area contributed by atoms with Crippen molar-refractivity contribution < 1.29 is 24.3 Å². The van der Waals surface area contributed by atoms with Gasteiger partial charge in [-0.15, -0.1) is 0 Å². The van der Waals surface area contributed by atoms with Crippen molar-refractivity contribution >= 4 is 17.4 Å². The van der Waals surface area contributed by atoms with E-state index in [9.17, 15) is 14.7 Å². The molecule has 0 aromatic heterocycles. The van der Waals surface area contributed by atoms with Gasteiger partial charge in [0.25, 0.3) is 5.91 Å². The van der Waals surface area contributed by atoms with Crippen LogP contribution < -0.4 is 5.06 Å². The molecule has 5 atom stereocenters. The number of amides is 1. The van der Waals surface area contributed by atoms with Gasteiger partial charge >= 0.3 is 0 Å². The van der Waals surface area contributed by atoms with Gasteiger partial charge in [-0.05, 0) is 25.0 Å². The molecule has 1 aromatic carbocycles. The highest BCUT2D eigenvalue weighted by molar-refractivity contribution is 6.07. The Labute approximate surface area is 163 Å². The fourth-order valence-electron chi connectivity index (χ4n) is 5.87. The first-order chi connectivity index (χ1) is 13.3. The van der Waals surface area contributed by atoms with Gasteiger partial charge in [-0.1, -0.05) is 18.2 Å². The predicted molar refractivity (Wildman–Crippen MR) is 100 cm³/mol. The lowest BCUT2D eigenvalue weighted by molar-refractivity contribution is -0.155. The van der Waals surface area contributed by atoms with Gasteiger partial charge in [-0.3, -0.25) is 14.4 Å². The lowest BCUT2D eigenvalue weighted by Crippen LogP contribution is -2.59. The van der Waals surface area contributed by atoms with E-state index in [2.05, 4.69) is 0 Å². The Morgan fingerprint density at radius 3 is 2.79 bits per heavy atom. The van der Waals surface area contributed by atoms with Gasteiger partial charge in [0, 0.05) is 37.2 Å². The molecule has 148 valence electrons. The Hall–Kier alpha value is -2.22. The maximum atomic E-state index is 13.7. The van der Waals surface area contributed by atoms with Gasteiger partial charge in [0.15, 0.2) is 5.78 Å². The smallest absolute Gasteiger partial charge is 0.264 e. The molecule has 3 fully saturated rings. The molecule has 1 aliphatic carbocycles. The van der Waals surface area contributed by atoms with Crippen molar-refractivity contribution in [3.63, 3.8) is 0 Å². The van der Waals surface area contributed by atoms with Gasteiger partial charge in [-0.2, -0.15) is 5.06 Å². The zero-order valence-electron chi connectivity index (χ0n) is 16.2. The third-order valence-electron chi connectivity index (χ3n) is 7.19. The summed E-state index contributed by atoms with van der Waals surface area (Å²) in [7, 11) is 3.38. The minimum atomic E-state index is -1.29. The van der Waals surface area contributed by atoms with Crippen LogP contribution >= 0.6 is 0 Å². The van der Waals surface area contributed by atoms with Crippen molar-refractivity contribution in [2.45, 2.75) is 42.9 Å². The molecule has 1 amide bonds. The summed E-state index contributed by atoms with van der Waals surface area (Å²) in [6.45, 7) is 1.79. The highest BCUT2D eigenvalue weighted by Gasteiger charge is 2.67. The van der Waals surface area contributed by atoms with Crippen molar-refractivity contribution in [2.24, 2.45) is 5.92 Å². The van der Waals surface area contributed by atoms with Crippen LogP contribution in [0.3, 0.4) is 0 Å². The molecule has 2 unspecified atom stereocenters. The van der Waals surface area contributed by atoms with Crippen molar-refractivity contribution in [1.82, 2.24) is 4.90 Å². The molecule has 7 heteroatoms. The number of hydrogen-bond acceptors (Lipinski definition) is 6. The predicted octanol–water partition coefficient (Wildman–Crippen LogP) is 1.16. The topological polar surface area (TPSA) is 79.3 Å². The number of nitrogens with zero attached hydrogens (tertiary/aromatic N) is 2. The molecule has 4 bridgehead atoms. The number of carbonyl (C=O) groups excluding carboxylic acids is 2. The second-order valence-corrected chi connectivity index (χ2v) is 8.36. The van der Waals surface area contributed by atoms with Gasteiger partial charge < -0.3 is 14.7 Å². The maximum absolute atomic E-state index is 13.7. The highest BCUT2D eigenvalue weighted by atomic mass is 16.7. The van der Waals surface area contributed by atoms with Gasteiger partial charge in [0.05, 0.1) is 25.5 Å². The second kappa shape index (κ2) is 5.65. The van der Waals surface area contributed by atoms with Crippen LogP contribution in [0.15, 0.2) is 36.0 Å². The number of hydroxylamine groups is 1. The Morgan fingerprint density at radius 2 is 2.07 bits per heavy atom. The normalized spacial score (nSPS) is 38.5. The van der Waals surface area contributed by atoms with Crippen LogP contribution in [0.25, 0.3) is 0 Å². The monoisotopic (exact) mass is 384 g/mol. The molecule has 1 saturated carbocycles. The number of rotatable bonds is 2. The van der Waals surface area contributed by atoms with E-state index >= 15 is 0 Å². The number of fused-ring (bicyclic) bond motifs is 2. The fraction of sp³-hybridized carbons (Fsp3) is 0.524. The minimum absolute atomic E-state index is 0.130. The summed E-state index contributed by atoms with van der Waals surface area (Å²) in [6.07, 6.45) is 1.93. The summed E-state index contributed by atoms with van der Waals surface area (Å²) in [5.41, 5.74) is -0.256. The molecule has 1 aromatic rings. The molecule has 0 radical (unpaired) electrons. The first-order valence-corrected chi connectivity index (χ1v) is 9.62. The number of aliphatic hydroxyl groups is 1. The quantitative estimate of drug-likeness (QED) is 0.824. The zero-order valence-corrected chi connectivity index (χ0v) is 16.2. The lowest BCUT2D eigenvalue weighted by Gasteiger charge is -2.49. The maximum Gasteiger partial charge on any atom is 0.264 e. The van der Waals surface area contributed by atoms with Gasteiger partial charge in [0.1, 0.15) is 11.0 Å². The van der Waals surface area contributed by atoms with E-state index in [1.54, 1.807) is 6.20 Å². The van der Waals surface area contributed by atoms with Gasteiger partial charge in [-0.25, -0.2) is 0 Å². The highest BCUT2D eigenvalue weighted by Crippen LogP contribution is 2.58. The third-order valence-corrected chi connectivity index (χ3v) is 7.19. The summed E-state index contributed by atoms with van der Waals surface area (Å²) >= 11 is 0. The number of ether oxygens (including phenoxy) is 1. The van der Waals surface area contributed by atoms with E-state index in [0.717, 1.165) is 5.56 Å². The first-order valence-electron chi connectivity index (χ1n) is 9.62. The molecule has 4 aliphatic heterocycles. The first kappa shape index (κ1) is 17.8. The van der Waals surface area contributed by atoms with Crippen molar-refractivity contribution in [1.29, 1.82) is 0 Å². The third kappa shape index (κ3) is 1.94. The molecule has 5 aliphatic rings. The van der Waals surface area contributed by atoms with Crippen LogP contribution in [-0.4, -0.2) is 60.2 Å². The van der Waals surface area contributed by atoms with E-state index in [-0.39, 0.29) is 30.1 Å². The van der Waals surface area contributed by atoms with Crippen molar-refractivity contribution in [2.75, 3.05) is 25.8 Å². The summed E-state index contributed by atoms with van der Waals surface area (Å²) in [5, 5.41) is 13.0. The minimum Gasteiger partial charge on any atom is -0.384 e. The number of ketones is 1. The Kier molecular flexibility index (Phi) is 3.60. The summed E-state index contributed by atoms with van der Waals surface area (Å²) in [6, 6.07) is 7.47. The number of anilines is 1. The molecule has 1 spiro atoms. The van der Waals surface area contributed by atoms with Crippen LogP contribution in [-0.2, 0) is 24.6 Å². The number of para-hydroxylation sites is 1. The van der Waals surface area contributed by atoms with Crippen molar-refractivity contribution in [3.05, 3.63) is 41.6 Å². The summed E-state index contributed by atoms with van der Waals surface area (Å²) in [5.74, 6) is -0.588. The van der Waals surface area contributed by atoms with Crippen LogP contribution in [0.5, 0.6) is 0 Å². The van der Waals surface area contributed by atoms with Crippen LogP contribution in [0.1, 0.15) is 25.3 Å². The van der Waals surface area contributed by atoms with E-state index in [0.29, 0.717) is 24.3 Å². The standard InChI is InChI=1S/C21H24N2O5/c1-12(24)14-10-22(2)17-8-20(18-9-21(14,26)15(17)11-28-18)13-6-4-5-7-16(13)23(27-3)19(20)25/h4-7,10,15,17-18,26H,8-9,11H2,1-3H3/t15?,17?,18-,20+,21-/m1/s1. The second-order valence-electron chi connectivity index (χ2n) is 8.36. The number of benzene rings is 1.